The number of nitrogens with zero attached hydrogens (tertiary/aromatic N) is 1. The molecule has 17 heavy (non-hydrogen) atoms. The molecule has 1 saturated carbocycles. The minimum absolute atomic E-state index is 0.398. The molecule has 2 N–H and O–H groups in total. The lowest BCUT2D eigenvalue weighted by atomic mass is 10.0. The van der Waals surface area contributed by atoms with Crippen molar-refractivity contribution in [3.63, 3.8) is 0 Å². The Morgan fingerprint density at radius 3 is 2.76 bits per heavy atom. The lowest BCUT2D eigenvalue weighted by Gasteiger charge is -2.29. The first-order valence-corrected chi connectivity index (χ1v) is 7.09. The molecule has 0 aromatic rings. The number of ether oxygens (including phenoxy) is 1. The van der Waals surface area contributed by atoms with E-state index in [1.54, 1.807) is 0 Å². The van der Waals surface area contributed by atoms with Gasteiger partial charge in [0.1, 0.15) is 0 Å². The minimum Gasteiger partial charge on any atom is -0.393 e. The molecule has 1 unspecified atom stereocenters. The maximum absolute atomic E-state index is 5.77. The highest BCUT2D eigenvalue weighted by Crippen LogP contribution is 2.49. The number of nitrogens with two attached hydrogens (primary N) is 1. The molecular formula is C13H24N2OS. The molecule has 2 fully saturated rings. The highest BCUT2D eigenvalue weighted by Gasteiger charge is 2.43. The highest BCUT2D eigenvalue weighted by molar-refractivity contribution is 7.80. The van der Waals surface area contributed by atoms with Crippen molar-refractivity contribution in [1.29, 1.82) is 0 Å². The summed E-state index contributed by atoms with van der Waals surface area (Å²) < 4.78 is 5.77. The van der Waals surface area contributed by atoms with Crippen LogP contribution < -0.4 is 5.73 Å². The summed E-state index contributed by atoms with van der Waals surface area (Å²) in [4.78, 5) is 3.08. The second-order valence-electron chi connectivity index (χ2n) is 5.83. The van der Waals surface area contributed by atoms with Crippen LogP contribution in [0.1, 0.15) is 38.5 Å². The van der Waals surface area contributed by atoms with Crippen molar-refractivity contribution in [3.05, 3.63) is 0 Å². The van der Waals surface area contributed by atoms with Crippen LogP contribution in [0.3, 0.4) is 0 Å². The summed E-state index contributed by atoms with van der Waals surface area (Å²) in [5.41, 5.74) is 6.06. The fourth-order valence-electron chi connectivity index (χ4n) is 2.87. The number of thiocarbonyl (C=S) groups is 1. The summed E-state index contributed by atoms with van der Waals surface area (Å²) in [5.74, 6) is 0. The Balaban J connectivity index is 1.72. The van der Waals surface area contributed by atoms with Crippen molar-refractivity contribution in [2.24, 2.45) is 11.1 Å². The zero-order chi connectivity index (χ0) is 12.3. The third kappa shape index (κ3) is 4.19. The van der Waals surface area contributed by atoms with Crippen LogP contribution in [0.4, 0.5) is 0 Å². The molecule has 0 radical (unpaired) electrons. The fraction of sp³-hybridized carbons (Fsp3) is 0.923. The molecule has 4 heteroatoms. The van der Waals surface area contributed by atoms with Crippen molar-refractivity contribution >= 4 is 17.2 Å². The van der Waals surface area contributed by atoms with E-state index in [0.717, 1.165) is 26.1 Å². The topological polar surface area (TPSA) is 38.5 Å². The number of hydrogen-bond acceptors (Lipinski definition) is 3. The van der Waals surface area contributed by atoms with E-state index in [4.69, 9.17) is 22.7 Å². The Kier molecular flexibility index (Phi) is 4.39. The van der Waals surface area contributed by atoms with Gasteiger partial charge in [0.05, 0.1) is 11.1 Å². The highest BCUT2D eigenvalue weighted by atomic mass is 32.1. The molecule has 1 saturated heterocycles. The van der Waals surface area contributed by atoms with Gasteiger partial charge in [0.25, 0.3) is 0 Å². The SMILES string of the molecule is CN(CC1CCCCO1)CC1(CC(N)=S)CC1. The van der Waals surface area contributed by atoms with Gasteiger partial charge in [-0.1, -0.05) is 12.2 Å². The predicted molar refractivity (Wildman–Crippen MR) is 74.2 cm³/mol. The van der Waals surface area contributed by atoms with E-state index in [-0.39, 0.29) is 0 Å². The van der Waals surface area contributed by atoms with Crippen molar-refractivity contribution in [2.45, 2.75) is 44.6 Å². The zero-order valence-corrected chi connectivity index (χ0v) is 11.6. The van der Waals surface area contributed by atoms with E-state index >= 15 is 0 Å². The van der Waals surface area contributed by atoms with E-state index in [1.807, 2.05) is 0 Å². The molecule has 0 aromatic carbocycles. The first-order chi connectivity index (χ1) is 8.10. The summed E-state index contributed by atoms with van der Waals surface area (Å²) in [5, 5.41) is 0. The van der Waals surface area contributed by atoms with Gasteiger partial charge in [-0.2, -0.15) is 0 Å². The molecule has 0 bridgehead atoms. The summed E-state index contributed by atoms with van der Waals surface area (Å²) in [6.07, 6.45) is 7.67. The minimum atomic E-state index is 0.398. The van der Waals surface area contributed by atoms with Crippen molar-refractivity contribution in [3.8, 4) is 0 Å². The van der Waals surface area contributed by atoms with Crippen molar-refractivity contribution in [2.75, 3.05) is 26.7 Å². The van der Waals surface area contributed by atoms with Crippen LogP contribution in [0.25, 0.3) is 0 Å². The Bertz CT molecular complexity index is 273. The zero-order valence-electron chi connectivity index (χ0n) is 10.8. The normalized spacial score (nSPS) is 27.1. The average Bonchev–Trinajstić information content (AvgIpc) is 2.97. The van der Waals surface area contributed by atoms with Gasteiger partial charge < -0.3 is 15.4 Å². The van der Waals surface area contributed by atoms with Crippen LogP contribution in [0.5, 0.6) is 0 Å². The van der Waals surface area contributed by atoms with Crippen LogP contribution in [0, 0.1) is 5.41 Å². The van der Waals surface area contributed by atoms with Gasteiger partial charge >= 0.3 is 0 Å². The second-order valence-corrected chi connectivity index (χ2v) is 6.35. The third-order valence-corrected chi connectivity index (χ3v) is 4.05. The predicted octanol–water partition coefficient (Wildman–Crippen LogP) is 1.94. The van der Waals surface area contributed by atoms with Gasteiger partial charge in [0, 0.05) is 26.1 Å². The Morgan fingerprint density at radius 2 is 2.24 bits per heavy atom. The summed E-state index contributed by atoms with van der Waals surface area (Å²) in [6.45, 7) is 3.11. The summed E-state index contributed by atoms with van der Waals surface area (Å²) in [6, 6.07) is 0. The number of rotatable bonds is 6. The van der Waals surface area contributed by atoms with Crippen molar-refractivity contribution in [1.82, 2.24) is 4.90 Å². The summed E-state index contributed by atoms with van der Waals surface area (Å²) in [7, 11) is 2.19. The van der Waals surface area contributed by atoms with E-state index < -0.39 is 0 Å². The molecule has 0 amide bonds. The maximum atomic E-state index is 5.77. The monoisotopic (exact) mass is 256 g/mol. The van der Waals surface area contributed by atoms with Gasteiger partial charge in [-0.15, -0.1) is 0 Å². The molecule has 3 nitrogen and oxygen atoms in total. The Hall–Kier alpha value is -0.190. The van der Waals surface area contributed by atoms with Crippen LogP contribution >= 0.6 is 12.2 Å². The second kappa shape index (κ2) is 5.63. The molecule has 2 aliphatic rings. The molecular weight excluding hydrogens is 232 g/mol. The Labute approximate surface area is 110 Å². The van der Waals surface area contributed by atoms with E-state index in [2.05, 4.69) is 11.9 Å². The lowest BCUT2D eigenvalue weighted by Crippen LogP contribution is -2.37. The number of likely N-dealkylation sites (N-methyl/N-ethyl adjacent to an activating group) is 1. The van der Waals surface area contributed by atoms with E-state index in [0.29, 0.717) is 16.5 Å². The van der Waals surface area contributed by atoms with E-state index in [1.165, 1.54) is 32.1 Å². The molecule has 0 aromatic heterocycles. The largest absolute Gasteiger partial charge is 0.393 e. The van der Waals surface area contributed by atoms with Crippen LogP contribution in [0.2, 0.25) is 0 Å². The number of hydrogen-bond donors (Lipinski definition) is 1. The third-order valence-electron chi connectivity index (χ3n) is 3.90. The van der Waals surface area contributed by atoms with Gasteiger partial charge in [-0.3, -0.25) is 0 Å². The molecule has 98 valence electrons. The van der Waals surface area contributed by atoms with Gasteiger partial charge in [-0.25, -0.2) is 0 Å². The van der Waals surface area contributed by atoms with Crippen LogP contribution in [-0.4, -0.2) is 42.7 Å². The van der Waals surface area contributed by atoms with Gasteiger partial charge in [0.2, 0.25) is 0 Å². The molecule has 1 atom stereocenters. The standard InChI is InChI=1S/C13H24N2OS/c1-15(9-11-4-2-3-7-16-11)10-13(5-6-13)8-12(14)17/h11H,2-10H2,1H3,(H2,14,17). The molecule has 2 rings (SSSR count). The lowest BCUT2D eigenvalue weighted by molar-refractivity contribution is -0.00396. The average molecular weight is 256 g/mol. The quantitative estimate of drug-likeness (QED) is 0.737. The first-order valence-electron chi connectivity index (χ1n) is 6.68. The summed E-state index contributed by atoms with van der Waals surface area (Å²) >= 11 is 5.03. The molecule has 1 heterocycles. The Morgan fingerprint density at radius 1 is 1.47 bits per heavy atom. The van der Waals surface area contributed by atoms with Crippen molar-refractivity contribution < 1.29 is 4.74 Å². The maximum Gasteiger partial charge on any atom is 0.0733 e. The smallest absolute Gasteiger partial charge is 0.0733 e. The molecule has 1 aliphatic heterocycles. The molecule has 0 spiro atoms. The van der Waals surface area contributed by atoms with Gasteiger partial charge in [-0.05, 0) is 44.6 Å². The van der Waals surface area contributed by atoms with Gasteiger partial charge in [0.15, 0.2) is 0 Å². The fourth-order valence-corrected chi connectivity index (χ4v) is 3.18. The molecule has 1 aliphatic carbocycles. The van der Waals surface area contributed by atoms with Crippen LogP contribution in [0.15, 0.2) is 0 Å². The van der Waals surface area contributed by atoms with Crippen LogP contribution in [-0.2, 0) is 4.74 Å². The first kappa shape index (κ1) is 13.2. The van der Waals surface area contributed by atoms with E-state index in [9.17, 15) is 0 Å².